The SMILES string of the molecule is NC(Cc1cn(Cc2ccccc2C(F)(F)F)c2ccccc12)C(=O)O. The van der Waals surface area contributed by atoms with Crippen molar-refractivity contribution in [1.29, 1.82) is 0 Å². The topological polar surface area (TPSA) is 68.2 Å². The van der Waals surface area contributed by atoms with Crippen LogP contribution in [0.4, 0.5) is 13.2 Å². The number of hydrogen-bond acceptors (Lipinski definition) is 2. The van der Waals surface area contributed by atoms with Crippen molar-refractivity contribution < 1.29 is 23.1 Å². The Kier molecular flexibility index (Phi) is 4.73. The van der Waals surface area contributed by atoms with Gasteiger partial charge < -0.3 is 15.4 Å². The third-order valence-corrected chi connectivity index (χ3v) is 4.29. The molecule has 0 aliphatic rings. The van der Waals surface area contributed by atoms with Crippen molar-refractivity contribution in [2.24, 2.45) is 5.73 Å². The second kappa shape index (κ2) is 6.84. The minimum Gasteiger partial charge on any atom is -0.480 e. The molecule has 0 saturated heterocycles. The smallest absolute Gasteiger partial charge is 0.416 e. The van der Waals surface area contributed by atoms with Gasteiger partial charge in [0.1, 0.15) is 6.04 Å². The standard InChI is InChI=1S/C19H17F3N2O2/c20-19(21,22)15-7-3-1-5-12(15)10-24-11-13(9-16(23)18(25)26)14-6-2-4-8-17(14)24/h1-8,11,16H,9-10,23H2,(H,25,26). The molecule has 0 spiro atoms. The fourth-order valence-electron chi connectivity index (χ4n) is 3.06. The summed E-state index contributed by atoms with van der Waals surface area (Å²) in [7, 11) is 0. The first kappa shape index (κ1) is 18.0. The highest BCUT2D eigenvalue weighted by atomic mass is 19.4. The molecule has 3 N–H and O–H groups in total. The third-order valence-electron chi connectivity index (χ3n) is 4.29. The van der Waals surface area contributed by atoms with Crippen LogP contribution >= 0.6 is 0 Å². The number of rotatable bonds is 5. The minimum atomic E-state index is -4.44. The largest absolute Gasteiger partial charge is 0.480 e. The van der Waals surface area contributed by atoms with E-state index in [0.29, 0.717) is 5.56 Å². The number of aromatic nitrogens is 1. The monoisotopic (exact) mass is 362 g/mol. The van der Waals surface area contributed by atoms with Crippen molar-refractivity contribution in [1.82, 2.24) is 4.57 Å². The van der Waals surface area contributed by atoms with Crippen LogP contribution in [0.1, 0.15) is 16.7 Å². The normalized spacial score (nSPS) is 13.1. The van der Waals surface area contributed by atoms with Gasteiger partial charge in [0.2, 0.25) is 0 Å². The Bertz CT molecular complexity index is 947. The van der Waals surface area contributed by atoms with Gasteiger partial charge in [0, 0.05) is 30.1 Å². The zero-order chi connectivity index (χ0) is 18.9. The molecule has 1 aromatic heterocycles. The van der Waals surface area contributed by atoms with Crippen molar-refractivity contribution in [3.8, 4) is 0 Å². The fourth-order valence-corrected chi connectivity index (χ4v) is 3.06. The summed E-state index contributed by atoms with van der Waals surface area (Å²) >= 11 is 0. The molecule has 0 fully saturated rings. The minimum absolute atomic E-state index is 0.0263. The van der Waals surface area contributed by atoms with Crippen molar-refractivity contribution in [2.75, 3.05) is 0 Å². The average molecular weight is 362 g/mol. The molecule has 1 atom stereocenters. The number of carbonyl (C=O) groups is 1. The van der Waals surface area contributed by atoms with Gasteiger partial charge in [0.15, 0.2) is 0 Å². The van der Waals surface area contributed by atoms with E-state index in [1.807, 2.05) is 6.07 Å². The molecule has 1 heterocycles. The van der Waals surface area contributed by atoms with E-state index in [0.717, 1.165) is 17.0 Å². The molecule has 3 rings (SSSR count). The highest BCUT2D eigenvalue weighted by Gasteiger charge is 2.33. The summed E-state index contributed by atoms with van der Waals surface area (Å²) in [6.45, 7) is 0.0263. The molecular weight excluding hydrogens is 345 g/mol. The maximum atomic E-state index is 13.2. The molecule has 0 aliphatic carbocycles. The number of carboxylic acids is 1. The van der Waals surface area contributed by atoms with Gasteiger partial charge in [-0.1, -0.05) is 36.4 Å². The van der Waals surface area contributed by atoms with E-state index in [9.17, 15) is 18.0 Å². The molecule has 4 nitrogen and oxygen atoms in total. The summed E-state index contributed by atoms with van der Waals surface area (Å²) in [5, 5.41) is 9.81. The quantitative estimate of drug-likeness (QED) is 0.728. The third kappa shape index (κ3) is 3.57. The van der Waals surface area contributed by atoms with Crippen LogP contribution in [0.2, 0.25) is 0 Å². The zero-order valence-electron chi connectivity index (χ0n) is 13.7. The molecular formula is C19H17F3N2O2. The molecule has 136 valence electrons. The Morgan fingerprint density at radius 2 is 1.73 bits per heavy atom. The molecule has 0 saturated carbocycles. The van der Waals surface area contributed by atoms with Crippen LogP contribution in [-0.4, -0.2) is 21.7 Å². The number of alkyl halides is 3. The average Bonchev–Trinajstić information content (AvgIpc) is 2.92. The first-order valence-electron chi connectivity index (χ1n) is 7.97. The second-order valence-corrected chi connectivity index (χ2v) is 6.10. The van der Waals surface area contributed by atoms with Crippen molar-refractivity contribution in [3.05, 3.63) is 71.4 Å². The lowest BCUT2D eigenvalue weighted by Gasteiger charge is -2.13. The van der Waals surface area contributed by atoms with Gasteiger partial charge in [-0.15, -0.1) is 0 Å². The summed E-state index contributed by atoms with van der Waals surface area (Å²) in [4.78, 5) is 11.0. The van der Waals surface area contributed by atoms with Gasteiger partial charge >= 0.3 is 12.1 Å². The zero-order valence-corrected chi connectivity index (χ0v) is 13.7. The first-order valence-corrected chi connectivity index (χ1v) is 7.97. The van der Waals surface area contributed by atoms with Crippen molar-refractivity contribution in [3.63, 3.8) is 0 Å². The molecule has 3 aromatic rings. The van der Waals surface area contributed by atoms with Gasteiger partial charge in [0.05, 0.1) is 5.56 Å². The van der Waals surface area contributed by atoms with Gasteiger partial charge in [-0.2, -0.15) is 13.2 Å². The van der Waals surface area contributed by atoms with E-state index in [4.69, 9.17) is 10.8 Å². The number of para-hydroxylation sites is 1. The molecule has 0 bridgehead atoms. The Hall–Kier alpha value is -2.80. The molecule has 0 aliphatic heterocycles. The number of halogens is 3. The number of fused-ring (bicyclic) bond motifs is 1. The summed E-state index contributed by atoms with van der Waals surface area (Å²) in [6, 6.07) is 11.5. The molecule has 0 radical (unpaired) electrons. The predicted octanol–water partition coefficient (Wildman–Crippen LogP) is 3.66. The van der Waals surface area contributed by atoms with Crippen molar-refractivity contribution in [2.45, 2.75) is 25.2 Å². The Morgan fingerprint density at radius 3 is 2.42 bits per heavy atom. The lowest BCUT2D eigenvalue weighted by Crippen LogP contribution is -2.32. The number of aliphatic carboxylic acids is 1. The maximum absolute atomic E-state index is 13.2. The van der Waals surface area contributed by atoms with E-state index in [-0.39, 0.29) is 18.5 Å². The highest BCUT2D eigenvalue weighted by Crippen LogP contribution is 2.33. The highest BCUT2D eigenvalue weighted by molar-refractivity contribution is 5.85. The van der Waals surface area contributed by atoms with Gasteiger partial charge in [-0.05, 0) is 23.3 Å². The number of hydrogen-bond donors (Lipinski definition) is 2. The van der Waals surface area contributed by atoms with Crippen LogP contribution in [0.25, 0.3) is 10.9 Å². The Balaban J connectivity index is 2.03. The lowest BCUT2D eigenvalue weighted by molar-refractivity contribution is -0.139. The van der Waals surface area contributed by atoms with E-state index < -0.39 is 23.8 Å². The molecule has 26 heavy (non-hydrogen) atoms. The van der Waals surface area contributed by atoms with Crippen LogP contribution in [0.3, 0.4) is 0 Å². The van der Waals surface area contributed by atoms with E-state index in [2.05, 4.69) is 0 Å². The van der Waals surface area contributed by atoms with Gasteiger partial charge in [-0.3, -0.25) is 4.79 Å². The molecule has 2 aromatic carbocycles. The van der Waals surface area contributed by atoms with Gasteiger partial charge in [-0.25, -0.2) is 0 Å². The molecule has 7 heteroatoms. The Labute approximate surface area is 147 Å². The molecule has 0 amide bonds. The van der Waals surface area contributed by atoms with Crippen LogP contribution < -0.4 is 5.73 Å². The van der Waals surface area contributed by atoms with Crippen LogP contribution in [0.15, 0.2) is 54.7 Å². The van der Waals surface area contributed by atoms with Crippen LogP contribution in [0, 0.1) is 0 Å². The summed E-state index contributed by atoms with van der Waals surface area (Å²) in [5.74, 6) is -1.12. The number of carboxylic acid groups (broad SMARTS) is 1. The predicted molar refractivity (Wildman–Crippen MR) is 91.8 cm³/mol. The van der Waals surface area contributed by atoms with Crippen LogP contribution in [-0.2, 0) is 23.9 Å². The summed E-state index contributed by atoms with van der Waals surface area (Å²) in [6.07, 6.45) is -2.65. The van der Waals surface area contributed by atoms with Crippen LogP contribution in [0.5, 0.6) is 0 Å². The first-order chi connectivity index (χ1) is 12.3. The van der Waals surface area contributed by atoms with Gasteiger partial charge in [0.25, 0.3) is 0 Å². The van der Waals surface area contributed by atoms with Crippen molar-refractivity contribution >= 4 is 16.9 Å². The summed E-state index contributed by atoms with van der Waals surface area (Å²) in [5.41, 5.74) is 6.52. The van der Waals surface area contributed by atoms with E-state index in [1.165, 1.54) is 12.1 Å². The number of nitrogens with zero attached hydrogens (tertiary/aromatic N) is 1. The maximum Gasteiger partial charge on any atom is 0.416 e. The van der Waals surface area contributed by atoms with E-state index in [1.54, 1.807) is 35.0 Å². The lowest BCUT2D eigenvalue weighted by atomic mass is 10.1. The second-order valence-electron chi connectivity index (χ2n) is 6.10. The fraction of sp³-hybridized carbons (Fsp3) is 0.211. The number of nitrogens with two attached hydrogens (primary N) is 1. The summed E-state index contributed by atoms with van der Waals surface area (Å²) < 4.78 is 41.4. The molecule has 1 unspecified atom stereocenters. The Morgan fingerprint density at radius 1 is 1.08 bits per heavy atom. The number of benzene rings is 2. The van der Waals surface area contributed by atoms with E-state index >= 15 is 0 Å².